The Bertz CT molecular complexity index is 1340. The van der Waals surface area contributed by atoms with E-state index in [-0.39, 0.29) is 50.0 Å². The number of unbranched alkanes of at least 4 members (excludes halogenated alkanes) is 7. The lowest BCUT2D eigenvalue weighted by molar-refractivity contribution is -0.355. The Hall–Kier alpha value is -4.03. The van der Waals surface area contributed by atoms with Gasteiger partial charge in [-0.1, -0.05) is 157 Å². The van der Waals surface area contributed by atoms with Crippen LogP contribution >= 0.6 is 0 Å². The fraction of sp³-hybridized carbons (Fsp3) is 0.542. The third kappa shape index (κ3) is 40.2. The largest absolute Gasteiger partial charge is 0.477 e. The van der Waals surface area contributed by atoms with Gasteiger partial charge in [0, 0.05) is 7.85 Å². The smallest absolute Gasteiger partial charge is 0.342 e. The molecule has 2 aliphatic rings. The first-order valence-corrected chi connectivity index (χ1v) is 20.4. The maximum absolute atomic E-state index is 11.2. The molecule has 58 heavy (non-hydrogen) atoms. The molecular weight excluding hydrogens is 737 g/mol. The predicted molar refractivity (Wildman–Crippen MR) is 239 cm³/mol. The molecule has 4 atom stereocenters. The van der Waals surface area contributed by atoms with Gasteiger partial charge in [-0.15, -0.1) is 0 Å². The molecule has 0 spiro atoms. The summed E-state index contributed by atoms with van der Waals surface area (Å²) in [4.78, 5) is 21.6. The van der Waals surface area contributed by atoms with Gasteiger partial charge in [-0.2, -0.15) is 0 Å². The molecule has 0 aromatic carbocycles. The van der Waals surface area contributed by atoms with Crippen molar-refractivity contribution in [2.24, 2.45) is 0 Å². The molecule has 0 aliphatic carbocycles. The zero-order chi connectivity index (χ0) is 41.7. The fourth-order valence-electron chi connectivity index (χ4n) is 4.82. The minimum Gasteiger partial charge on any atom is -0.477 e. The predicted octanol–water partition coefficient (Wildman–Crippen LogP) is 9.23. The van der Waals surface area contributed by atoms with E-state index >= 15 is 0 Å². The maximum Gasteiger partial charge on any atom is 0.342 e. The van der Waals surface area contributed by atoms with E-state index in [4.69, 9.17) is 29.8 Å². The Morgan fingerprint density at radius 1 is 0.672 bits per heavy atom. The highest BCUT2D eigenvalue weighted by atomic mass is 17.2. The van der Waals surface area contributed by atoms with E-state index in [1.54, 1.807) is 18.2 Å². The van der Waals surface area contributed by atoms with Gasteiger partial charge in [-0.25, -0.2) is 14.6 Å². The normalized spacial score (nSPS) is 18.3. The van der Waals surface area contributed by atoms with E-state index in [1.807, 2.05) is 54.7 Å². The summed E-state index contributed by atoms with van der Waals surface area (Å²) < 4.78 is 5.55. The number of hydrogen-bond donors (Lipinski definition) is 4. The Morgan fingerprint density at radius 2 is 1.22 bits per heavy atom. The van der Waals surface area contributed by atoms with Crippen molar-refractivity contribution in [1.82, 2.24) is 0 Å². The van der Waals surface area contributed by atoms with Gasteiger partial charge in [0.1, 0.15) is 17.8 Å². The molecule has 2 fully saturated rings. The quantitative estimate of drug-likeness (QED) is 0.0208. The summed E-state index contributed by atoms with van der Waals surface area (Å²) in [5, 5.41) is 34.4. The summed E-state index contributed by atoms with van der Waals surface area (Å²) in [7, 11) is 0. The van der Waals surface area contributed by atoms with E-state index in [2.05, 4.69) is 75.1 Å². The zero-order valence-electron chi connectivity index (χ0n) is 35.7. The molecule has 2 saturated heterocycles. The van der Waals surface area contributed by atoms with Crippen molar-refractivity contribution >= 4 is 5.97 Å². The molecule has 0 amide bonds. The first-order valence-electron chi connectivity index (χ1n) is 20.4. The van der Waals surface area contributed by atoms with Crippen LogP contribution in [0.2, 0.25) is 0 Å². The minimum absolute atomic E-state index is 0. The molecule has 10 nitrogen and oxygen atoms in total. The van der Waals surface area contributed by atoms with Crippen LogP contribution in [0.3, 0.4) is 0 Å². The second-order valence-corrected chi connectivity index (χ2v) is 12.8. The number of carboxylic acid groups (broad SMARTS) is 1. The molecule has 0 aromatic heterocycles. The average Bonchev–Trinajstić information content (AvgIpc) is 3.19. The van der Waals surface area contributed by atoms with Crippen molar-refractivity contribution in [3.63, 3.8) is 0 Å². The summed E-state index contributed by atoms with van der Waals surface area (Å²) in [5.41, 5.74) is 12.0. The lowest BCUT2D eigenvalue weighted by Crippen LogP contribution is -2.35. The summed E-state index contributed by atoms with van der Waals surface area (Å²) in [6.45, 7) is 12.4. The van der Waals surface area contributed by atoms with Crippen LogP contribution in [0.5, 0.6) is 0 Å². The number of carboxylic acids is 1. The maximum atomic E-state index is 11.2. The fourth-order valence-corrected chi connectivity index (χ4v) is 4.82. The van der Waals surface area contributed by atoms with Crippen molar-refractivity contribution in [2.75, 3.05) is 19.8 Å². The molecule has 4 unspecified atom stereocenters. The third-order valence-corrected chi connectivity index (χ3v) is 7.90. The summed E-state index contributed by atoms with van der Waals surface area (Å²) in [5.74, 6) is -1.13. The third-order valence-electron chi connectivity index (χ3n) is 7.90. The molecule has 8 N–H and O–H groups in total. The van der Waals surface area contributed by atoms with Crippen molar-refractivity contribution in [2.45, 2.75) is 148 Å². The highest BCUT2D eigenvalue weighted by molar-refractivity contribution is 5.87. The topological polar surface area (TPSA) is 189 Å². The van der Waals surface area contributed by atoms with Gasteiger partial charge >= 0.3 is 5.97 Å². The number of rotatable bonds is 22. The van der Waals surface area contributed by atoms with Gasteiger partial charge in [0.2, 0.25) is 0 Å². The van der Waals surface area contributed by atoms with Crippen molar-refractivity contribution in [3.8, 4) is 0 Å². The molecular formula is C48H78O10. The van der Waals surface area contributed by atoms with Crippen LogP contribution in [0.25, 0.3) is 0 Å². The number of aliphatic carboxylic acids is 1. The molecule has 0 aromatic rings. The van der Waals surface area contributed by atoms with E-state index in [1.165, 1.54) is 57.8 Å². The molecule has 0 saturated carbocycles. The van der Waals surface area contributed by atoms with Gasteiger partial charge in [-0.3, -0.25) is 0 Å². The second kappa shape index (κ2) is 49.1. The number of ether oxygens (including phenoxy) is 1. The Morgan fingerprint density at radius 3 is 1.69 bits per heavy atom. The molecule has 330 valence electrons. The van der Waals surface area contributed by atoms with Crippen LogP contribution in [0.1, 0.15) is 125 Å². The van der Waals surface area contributed by atoms with Gasteiger partial charge in [0.25, 0.3) is 0 Å². The molecule has 2 aliphatic heterocycles. The highest BCUT2D eigenvalue weighted by Gasteiger charge is 2.29. The first kappa shape index (κ1) is 60.6. The standard InChI is InChI=1S/C18H18O4.C10H18O2.2C10H18O.2H2O.H2/c1-3-5-7-9-11-15-13-14-17(22-21-15)16(18(19)20)12-10-8-6-4-2;1-2-3-5-9-8-10(12-9)6-4-7-11;2*1-2-3-4-5-6-7-8-9-10-11;;;/h5,7,9,11,15,17H,2-3,13-14H2,1H3,(H,19,20);4,6,9-11H,2-3,5,7-8H2,1H3;2*6-9,11H,2-5,10H2,1H3;2*1H2;1H. The number of hydrogen-bond acceptors (Lipinski definition) is 7. The van der Waals surface area contributed by atoms with E-state index < -0.39 is 12.1 Å². The Kier molecular flexibility index (Phi) is 51.4. The van der Waals surface area contributed by atoms with Crippen LogP contribution in [-0.2, 0) is 19.3 Å². The molecule has 2 heterocycles. The van der Waals surface area contributed by atoms with Crippen LogP contribution < -0.4 is 0 Å². The zero-order valence-corrected chi connectivity index (χ0v) is 35.7. The molecule has 2 rings (SSSR count). The summed E-state index contributed by atoms with van der Waals surface area (Å²) in [6.07, 6.45) is 43.8. The Balaban J connectivity index is -0.000000228. The monoisotopic (exact) mass is 815 g/mol. The van der Waals surface area contributed by atoms with Gasteiger partial charge < -0.3 is 36.1 Å². The second-order valence-electron chi connectivity index (χ2n) is 12.8. The highest BCUT2D eigenvalue weighted by Crippen LogP contribution is 2.25. The van der Waals surface area contributed by atoms with Crippen LogP contribution in [0.4, 0.5) is 0 Å². The van der Waals surface area contributed by atoms with Crippen LogP contribution in [0.15, 0.2) is 126 Å². The van der Waals surface area contributed by atoms with Crippen LogP contribution in [0, 0.1) is 0 Å². The van der Waals surface area contributed by atoms with E-state index in [0.29, 0.717) is 18.9 Å². The van der Waals surface area contributed by atoms with Crippen LogP contribution in [-0.4, -0.2) is 81.6 Å². The number of aliphatic hydroxyl groups is 3. The van der Waals surface area contributed by atoms with E-state index in [9.17, 15) is 9.90 Å². The first-order chi connectivity index (χ1) is 27.4. The van der Waals surface area contributed by atoms with Gasteiger partial charge in [0.05, 0.1) is 32.0 Å². The lowest BCUT2D eigenvalue weighted by Gasteiger charge is -2.34. The van der Waals surface area contributed by atoms with Gasteiger partial charge in [0.15, 0.2) is 0 Å². The average molecular weight is 815 g/mol. The Labute approximate surface area is 351 Å². The summed E-state index contributed by atoms with van der Waals surface area (Å²) in [6, 6.07) is 0. The van der Waals surface area contributed by atoms with E-state index in [0.717, 1.165) is 25.7 Å². The molecule has 0 bridgehead atoms. The van der Waals surface area contributed by atoms with Crippen molar-refractivity contribution < 1.29 is 52.1 Å². The number of carbonyl (C=O) groups is 1. The molecule has 10 heteroatoms. The minimum atomic E-state index is -1.13. The summed E-state index contributed by atoms with van der Waals surface area (Å²) >= 11 is 0. The number of aliphatic hydroxyl groups excluding tert-OH is 3. The lowest BCUT2D eigenvalue weighted by atomic mass is 9.99. The molecule has 0 radical (unpaired) electrons. The van der Waals surface area contributed by atoms with Crippen molar-refractivity contribution in [3.05, 3.63) is 126 Å². The SMILES string of the molecule is C=C=C=C=C=C=C(C(=O)O)C1CCC(C=CC=CCC)OO1.CCCCC1CC(C=CCO)O1.CCCCCC=CC=CCO.CCCCCC=CC=CCO.O.O.[HH]. The number of allylic oxidation sites excluding steroid dienone is 9. The van der Waals surface area contributed by atoms with Crippen molar-refractivity contribution in [1.29, 1.82) is 0 Å². The van der Waals surface area contributed by atoms with Gasteiger partial charge in [-0.05, 0) is 80.9 Å².